The highest BCUT2D eigenvalue weighted by atomic mass is 32.1. The van der Waals surface area contributed by atoms with Crippen molar-refractivity contribution < 1.29 is 4.42 Å². The van der Waals surface area contributed by atoms with Gasteiger partial charge in [-0.25, -0.2) is 0 Å². The Hall–Kier alpha value is -4.22. The Morgan fingerprint density at radius 3 is 2.33 bits per heavy atom. The van der Waals surface area contributed by atoms with Crippen molar-refractivity contribution in [2.75, 3.05) is 12.4 Å². The highest BCUT2D eigenvalue weighted by molar-refractivity contribution is 7.27. The second-order valence-corrected chi connectivity index (χ2v) is 12.5. The normalized spacial score (nSPS) is 11.3. The van der Waals surface area contributed by atoms with E-state index in [0.29, 0.717) is 0 Å². The van der Waals surface area contributed by atoms with E-state index >= 15 is 0 Å². The summed E-state index contributed by atoms with van der Waals surface area (Å²) in [6.07, 6.45) is 1.75. The molecule has 0 saturated carbocycles. The second-order valence-electron chi connectivity index (χ2n) is 10.3. The maximum absolute atomic E-state index is 6.01. The van der Waals surface area contributed by atoms with Crippen LogP contribution < -0.4 is 5.32 Å². The van der Waals surface area contributed by atoms with Crippen molar-refractivity contribution >= 4 is 81.2 Å². The van der Waals surface area contributed by atoms with Gasteiger partial charge >= 0.3 is 0 Å². The molecule has 0 atom stereocenters. The SMILES string of the molecule is CC#Cc1cc2c3cc(NC)c(C)cc3c3cc(CCC#Cc4ccc5oc6ccc(C)cc6c5c4)sc3c2s1. The highest BCUT2D eigenvalue weighted by Gasteiger charge is 2.16. The molecular weight excluding hydrogens is 527 g/mol. The molecule has 0 spiro atoms. The first kappa shape index (κ1) is 24.8. The third kappa shape index (κ3) is 4.13. The number of fused-ring (bicyclic) bond motifs is 9. The van der Waals surface area contributed by atoms with Crippen LogP contribution in [-0.2, 0) is 6.42 Å². The number of aryl methyl sites for hydroxylation is 3. The van der Waals surface area contributed by atoms with Gasteiger partial charge in [0.1, 0.15) is 11.2 Å². The minimum atomic E-state index is 0.817. The lowest BCUT2D eigenvalue weighted by molar-refractivity contribution is 0.669. The van der Waals surface area contributed by atoms with Gasteiger partial charge in [0.25, 0.3) is 0 Å². The summed E-state index contributed by atoms with van der Waals surface area (Å²) in [4.78, 5) is 2.49. The van der Waals surface area contributed by atoms with Gasteiger partial charge in [0.05, 0.1) is 14.3 Å². The zero-order chi connectivity index (χ0) is 27.4. The van der Waals surface area contributed by atoms with E-state index in [4.69, 9.17) is 4.42 Å². The molecule has 0 aliphatic heterocycles. The van der Waals surface area contributed by atoms with Crippen molar-refractivity contribution in [1.82, 2.24) is 0 Å². The van der Waals surface area contributed by atoms with Gasteiger partial charge < -0.3 is 9.73 Å². The molecule has 0 saturated heterocycles. The minimum absolute atomic E-state index is 0.817. The lowest BCUT2D eigenvalue weighted by atomic mass is 9.99. The lowest BCUT2D eigenvalue weighted by Crippen LogP contribution is -1.91. The van der Waals surface area contributed by atoms with Gasteiger partial charge in [0.15, 0.2) is 0 Å². The van der Waals surface area contributed by atoms with Crippen molar-refractivity contribution in [3.05, 3.63) is 87.1 Å². The van der Waals surface area contributed by atoms with Gasteiger partial charge in [-0.15, -0.1) is 28.6 Å². The predicted molar refractivity (Wildman–Crippen MR) is 175 cm³/mol. The number of thiophene rings is 2. The molecule has 0 amide bonds. The summed E-state index contributed by atoms with van der Waals surface area (Å²) in [7, 11) is 1.99. The lowest BCUT2D eigenvalue weighted by Gasteiger charge is -2.10. The Balaban J connectivity index is 1.24. The third-order valence-electron chi connectivity index (χ3n) is 7.54. The zero-order valence-electron chi connectivity index (χ0n) is 22.9. The van der Waals surface area contributed by atoms with Gasteiger partial charge in [0.2, 0.25) is 0 Å². The predicted octanol–water partition coefficient (Wildman–Crippen LogP) is 10.2. The molecular formula is C36H27NOS2. The standard InChI is InChI=1S/C36H27NOS2/c1-5-8-24-18-31-27-20-32(37-4)22(3)16-26(27)30-19-25(40-35(30)36(31)39-24)10-7-6-9-23-12-14-34-29(17-23)28-15-21(2)11-13-33(28)38-34/h11-20,37H,7,10H2,1-4H3. The van der Waals surface area contributed by atoms with Crippen LogP contribution in [0.4, 0.5) is 5.69 Å². The topological polar surface area (TPSA) is 25.2 Å². The number of anilines is 1. The maximum atomic E-state index is 6.01. The number of rotatable bonds is 3. The first-order valence-electron chi connectivity index (χ1n) is 13.5. The van der Waals surface area contributed by atoms with Crippen molar-refractivity contribution in [3.8, 4) is 23.7 Å². The Morgan fingerprint density at radius 2 is 1.50 bits per heavy atom. The van der Waals surface area contributed by atoms with Crippen molar-refractivity contribution in [3.63, 3.8) is 0 Å². The van der Waals surface area contributed by atoms with Gasteiger partial charge in [-0.05, 0) is 98.1 Å². The van der Waals surface area contributed by atoms with E-state index in [2.05, 4.69) is 91.4 Å². The van der Waals surface area contributed by atoms with Crippen molar-refractivity contribution in [2.24, 2.45) is 0 Å². The molecule has 3 heterocycles. The van der Waals surface area contributed by atoms with E-state index in [9.17, 15) is 0 Å². The average molecular weight is 554 g/mol. The minimum Gasteiger partial charge on any atom is -0.456 e. The summed E-state index contributed by atoms with van der Waals surface area (Å²) < 4.78 is 8.72. The fourth-order valence-electron chi connectivity index (χ4n) is 5.62. The molecule has 0 unspecified atom stereocenters. The molecule has 3 aromatic heterocycles. The summed E-state index contributed by atoms with van der Waals surface area (Å²) in [5.41, 5.74) is 6.53. The van der Waals surface area contributed by atoms with Gasteiger partial charge in [0, 0.05) is 51.1 Å². The Labute approximate surface area is 241 Å². The molecule has 40 heavy (non-hydrogen) atoms. The Bertz CT molecular complexity index is 2250. The molecule has 0 radical (unpaired) electrons. The van der Waals surface area contributed by atoms with Crippen molar-refractivity contribution in [1.29, 1.82) is 0 Å². The molecule has 0 fully saturated rings. The van der Waals surface area contributed by atoms with E-state index in [0.717, 1.165) is 45.2 Å². The zero-order valence-corrected chi connectivity index (χ0v) is 24.5. The van der Waals surface area contributed by atoms with Crippen molar-refractivity contribution in [2.45, 2.75) is 33.6 Å². The fourth-order valence-corrected chi connectivity index (χ4v) is 8.03. The number of benzene rings is 4. The van der Waals surface area contributed by atoms with Gasteiger partial charge in [-0.3, -0.25) is 0 Å². The van der Waals surface area contributed by atoms with E-state index in [1.54, 1.807) is 11.3 Å². The average Bonchev–Trinajstić information content (AvgIpc) is 3.66. The first-order valence-corrected chi connectivity index (χ1v) is 15.1. The van der Waals surface area contributed by atoms with Crippen LogP contribution in [0.15, 0.2) is 65.1 Å². The molecule has 0 bridgehead atoms. The van der Waals surface area contributed by atoms with E-state index < -0.39 is 0 Å². The fraction of sp³-hybridized carbons (Fsp3) is 0.167. The molecule has 194 valence electrons. The van der Waals surface area contributed by atoms with Crippen LogP contribution in [0.2, 0.25) is 0 Å². The first-order chi connectivity index (χ1) is 19.5. The van der Waals surface area contributed by atoms with Gasteiger partial charge in [-0.1, -0.05) is 29.4 Å². The smallest absolute Gasteiger partial charge is 0.135 e. The largest absolute Gasteiger partial charge is 0.456 e. The second kappa shape index (κ2) is 9.76. The maximum Gasteiger partial charge on any atom is 0.135 e. The van der Waals surface area contributed by atoms with Crippen LogP contribution in [0.5, 0.6) is 0 Å². The van der Waals surface area contributed by atoms with Crippen LogP contribution in [-0.4, -0.2) is 7.05 Å². The number of hydrogen-bond acceptors (Lipinski definition) is 4. The van der Waals surface area contributed by atoms with E-state index in [1.807, 2.05) is 37.4 Å². The monoisotopic (exact) mass is 553 g/mol. The quantitative estimate of drug-likeness (QED) is 0.220. The molecule has 2 nitrogen and oxygen atoms in total. The molecule has 0 aliphatic carbocycles. The number of nitrogens with one attached hydrogen (secondary N) is 1. The molecule has 0 aliphatic rings. The highest BCUT2D eigenvalue weighted by Crippen LogP contribution is 2.44. The van der Waals surface area contributed by atoms with E-state index in [-0.39, 0.29) is 0 Å². The summed E-state index contributed by atoms with van der Waals surface area (Å²) >= 11 is 3.71. The summed E-state index contributed by atoms with van der Waals surface area (Å²) in [6, 6.07) is 21.9. The number of hydrogen-bond donors (Lipinski definition) is 1. The Morgan fingerprint density at radius 1 is 0.750 bits per heavy atom. The van der Waals surface area contributed by atoms with Crippen LogP contribution in [0.1, 0.15) is 39.8 Å². The Kier molecular flexibility index (Phi) is 6.05. The number of furan rings is 1. The molecule has 4 heteroatoms. The van der Waals surface area contributed by atoms with Crippen LogP contribution in [0.3, 0.4) is 0 Å². The molecule has 4 aromatic carbocycles. The van der Waals surface area contributed by atoms with Gasteiger partial charge in [-0.2, -0.15) is 0 Å². The molecule has 7 rings (SSSR count). The summed E-state index contributed by atoms with van der Waals surface area (Å²) in [5.74, 6) is 13.2. The summed E-state index contributed by atoms with van der Waals surface area (Å²) in [6.45, 7) is 6.19. The van der Waals surface area contributed by atoms with Crippen LogP contribution >= 0.6 is 22.7 Å². The molecule has 7 aromatic rings. The van der Waals surface area contributed by atoms with Crippen LogP contribution in [0, 0.1) is 37.5 Å². The van der Waals surface area contributed by atoms with Crippen LogP contribution in [0.25, 0.3) is 52.9 Å². The van der Waals surface area contributed by atoms with E-state index in [1.165, 1.54) is 52.6 Å². The molecule has 1 N–H and O–H groups in total. The summed E-state index contributed by atoms with van der Waals surface area (Å²) in [5, 5.41) is 10.9. The third-order valence-corrected chi connectivity index (χ3v) is 9.95.